The van der Waals surface area contributed by atoms with Crippen LogP contribution in [-0.4, -0.2) is 0 Å². The molecule has 0 saturated heterocycles. The van der Waals surface area contributed by atoms with Crippen LogP contribution < -0.4 is 9.80 Å². The summed E-state index contributed by atoms with van der Waals surface area (Å²) in [5.74, 6) is 0. The Bertz CT molecular complexity index is 3250. The Balaban J connectivity index is 1.00. The summed E-state index contributed by atoms with van der Waals surface area (Å²) in [5, 5.41) is 0. The van der Waals surface area contributed by atoms with E-state index in [-0.39, 0.29) is 0 Å². The van der Waals surface area contributed by atoms with E-state index in [0.717, 1.165) is 69.2 Å². The lowest BCUT2D eigenvalue weighted by atomic mass is 9.95. The lowest BCUT2D eigenvalue weighted by Crippen LogP contribution is -2.11. The van der Waals surface area contributed by atoms with Gasteiger partial charge < -0.3 is 9.80 Å². The van der Waals surface area contributed by atoms with E-state index < -0.39 is 0 Å². The number of para-hydroxylation sites is 2. The van der Waals surface area contributed by atoms with Gasteiger partial charge >= 0.3 is 0 Å². The molecule has 1 aliphatic rings. The van der Waals surface area contributed by atoms with Crippen LogP contribution in [0.4, 0.5) is 34.1 Å². The van der Waals surface area contributed by atoms with Gasteiger partial charge in [0.15, 0.2) is 0 Å². The molecule has 0 aliphatic heterocycles. The van der Waals surface area contributed by atoms with Crippen LogP contribution in [-0.2, 0) is 0 Å². The molecular formula is C66H50N2. The van der Waals surface area contributed by atoms with Crippen LogP contribution in [0.15, 0.2) is 279 Å². The second-order valence-electron chi connectivity index (χ2n) is 17.2. The SMILES string of the molecule is C1=CCCC(c2ccc(N(c3ccc(-c4ccccc4)cc3)c3ccccc3-c3cccc(-c4ccccc4N(c4ccc(-c5ccccc5)cc4)c4ccc(-c5ccccc5)cc4)c3)cc2)=C1. The van der Waals surface area contributed by atoms with Gasteiger partial charge in [-0.3, -0.25) is 0 Å². The summed E-state index contributed by atoms with van der Waals surface area (Å²) in [6, 6.07) is 94.4. The van der Waals surface area contributed by atoms with Crippen LogP contribution in [0.25, 0.3) is 61.2 Å². The molecule has 68 heavy (non-hydrogen) atoms. The Hall–Kier alpha value is -8.72. The molecule has 0 heterocycles. The minimum Gasteiger partial charge on any atom is -0.310 e. The molecule has 0 amide bonds. The fourth-order valence-electron chi connectivity index (χ4n) is 9.50. The molecule has 0 saturated carbocycles. The average Bonchev–Trinajstić information content (AvgIpc) is 3.43. The molecule has 0 atom stereocenters. The monoisotopic (exact) mass is 870 g/mol. The zero-order valence-electron chi connectivity index (χ0n) is 37.9. The largest absolute Gasteiger partial charge is 0.310 e. The van der Waals surface area contributed by atoms with Gasteiger partial charge in [-0.15, -0.1) is 0 Å². The number of anilines is 6. The van der Waals surface area contributed by atoms with Gasteiger partial charge in [-0.1, -0.05) is 212 Å². The highest BCUT2D eigenvalue weighted by Gasteiger charge is 2.21. The van der Waals surface area contributed by atoms with Crippen LogP contribution in [0, 0.1) is 0 Å². The third kappa shape index (κ3) is 8.84. The predicted octanol–water partition coefficient (Wildman–Crippen LogP) is 18.7. The third-order valence-electron chi connectivity index (χ3n) is 13.0. The van der Waals surface area contributed by atoms with E-state index in [9.17, 15) is 0 Å². The van der Waals surface area contributed by atoms with E-state index in [1.165, 1.54) is 44.5 Å². The molecule has 0 N–H and O–H groups in total. The summed E-state index contributed by atoms with van der Waals surface area (Å²) in [7, 11) is 0. The number of benzene rings is 10. The fraction of sp³-hybridized carbons (Fsp3) is 0.0303. The molecular weight excluding hydrogens is 821 g/mol. The fourth-order valence-corrected chi connectivity index (χ4v) is 9.50. The molecule has 2 heteroatoms. The minimum absolute atomic E-state index is 1.06. The number of allylic oxidation sites excluding steroid dienone is 4. The van der Waals surface area contributed by atoms with Crippen molar-refractivity contribution >= 4 is 39.7 Å². The Morgan fingerprint density at radius 3 is 0.956 bits per heavy atom. The van der Waals surface area contributed by atoms with E-state index in [0.29, 0.717) is 0 Å². The summed E-state index contributed by atoms with van der Waals surface area (Å²) in [6.45, 7) is 0. The van der Waals surface area contributed by atoms with E-state index in [2.05, 4.69) is 289 Å². The highest BCUT2D eigenvalue weighted by Crippen LogP contribution is 2.45. The smallest absolute Gasteiger partial charge is 0.0540 e. The molecule has 2 nitrogen and oxygen atoms in total. The van der Waals surface area contributed by atoms with Crippen molar-refractivity contribution in [2.45, 2.75) is 12.8 Å². The van der Waals surface area contributed by atoms with Crippen LogP contribution in [0.3, 0.4) is 0 Å². The molecule has 0 spiro atoms. The van der Waals surface area contributed by atoms with Crippen molar-refractivity contribution in [2.75, 3.05) is 9.80 Å². The molecule has 0 fully saturated rings. The van der Waals surface area contributed by atoms with E-state index in [1.54, 1.807) is 0 Å². The van der Waals surface area contributed by atoms with Crippen LogP contribution in [0.5, 0.6) is 0 Å². The van der Waals surface area contributed by atoms with Crippen molar-refractivity contribution in [2.24, 2.45) is 0 Å². The maximum atomic E-state index is 2.41. The summed E-state index contributed by atoms with van der Waals surface area (Å²) in [6.07, 6.45) is 8.81. The lowest BCUT2D eigenvalue weighted by molar-refractivity contribution is 1.05. The number of nitrogens with zero attached hydrogens (tertiary/aromatic N) is 2. The number of rotatable bonds is 12. The van der Waals surface area contributed by atoms with Crippen molar-refractivity contribution in [3.63, 3.8) is 0 Å². The van der Waals surface area contributed by atoms with Crippen molar-refractivity contribution in [3.05, 3.63) is 285 Å². The van der Waals surface area contributed by atoms with Gasteiger partial charge in [-0.2, -0.15) is 0 Å². The summed E-state index contributed by atoms with van der Waals surface area (Å²) < 4.78 is 0. The molecule has 0 bridgehead atoms. The zero-order valence-corrected chi connectivity index (χ0v) is 37.9. The number of hydrogen-bond acceptors (Lipinski definition) is 2. The lowest BCUT2D eigenvalue weighted by Gasteiger charge is -2.29. The highest BCUT2D eigenvalue weighted by molar-refractivity contribution is 5.93. The zero-order chi connectivity index (χ0) is 45.5. The van der Waals surface area contributed by atoms with Gasteiger partial charge in [-0.05, 0) is 135 Å². The Morgan fingerprint density at radius 2 is 0.588 bits per heavy atom. The maximum Gasteiger partial charge on any atom is 0.0540 e. The Labute approximate surface area is 400 Å². The van der Waals surface area contributed by atoms with Crippen molar-refractivity contribution in [1.29, 1.82) is 0 Å². The molecule has 11 rings (SSSR count). The molecule has 324 valence electrons. The maximum absolute atomic E-state index is 2.41. The van der Waals surface area contributed by atoms with Crippen molar-refractivity contribution in [1.82, 2.24) is 0 Å². The first kappa shape index (κ1) is 41.9. The third-order valence-corrected chi connectivity index (χ3v) is 13.0. The highest BCUT2D eigenvalue weighted by atomic mass is 15.1. The second kappa shape index (κ2) is 19.4. The average molecular weight is 871 g/mol. The molecule has 0 radical (unpaired) electrons. The first-order chi connectivity index (χ1) is 33.7. The molecule has 0 aromatic heterocycles. The number of hydrogen-bond donors (Lipinski definition) is 0. The van der Waals surface area contributed by atoms with E-state index in [4.69, 9.17) is 0 Å². The minimum atomic E-state index is 1.06. The van der Waals surface area contributed by atoms with Gasteiger partial charge in [0.1, 0.15) is 0 Å². The molecule has 10 aromatic carbocycles. The first-order valence-corrected chi connectivity index (χ1v) is 23.6. The van der Waals surface area contributed by atoms with Gasteiger partial charge in [-0.25, -0.2) is 0 Å². The molecule has 10 aromatic rings. The van der Waals surface area contributed by atoms with Crippen LogP contribution >= 0.6 is 0 Å². The van der Waals surface area contributed by atoms with E-state index >= 15 is 0 Å². The standard InChI is InChI=1S/C66H50N2/c1-5-18-49(19-6-1)53-32-40-59(41-33-53)67(60-42-34-54(35-43-60)50-20-7-2-8-21-50)65-30-15-13-28-63(65)57-26-17-27-58(48-57)64-29-14-16-31-66(64)68(61-44-36-55(37-45-61)51-22-9-3-10-23-51)62-46-38-56(39-47-62)52-24-11-4-12-25-52/h1-11,13-24,26-48H,12,25H2. The van der Waals surface area contributed by atoms with Crippen LogP contribution in [0.1, 0.15) is 18.4 Å². The van der Waals surface area contributed by atoms with Gasteiger partial charge in [0.05, 0.1) is 11.4 Å². The van der Waals surface area contributed by atoms with Gasteiger partial charge in [0.25, 0.3) is 0 Å². The quantitative estimate of drug-likeness (QED) is 0.121. The molecule has 1 aliphatic carbocycles. The summed E-state index contributed by atoms with van der Waals surface area (Å²) in [5.41, 5.74) is 20.9. The van der Waals surface area contributed by atoms with Gasteiger partial charge in [0.2, 0.25) is 0 Å². The normalized spacial score (nSPS) is 12.0. The first-order valence-electron chi connectivity index (χ1n) is 23.6. The van der Waals surface area contributed by atoms with Crippen molar-refractivity contribution < 1.29 is 0 Å². The second-order valence-corrected chi connectivity index (χ2v) is 17.2. The van der Waals surface area contributed by atoms with E-state index in [1.807, 2.05) is 0 Å². The van der Waals surface area contributed by atoms with Crippen LogP contribution in [0.2, 0.25) is 0 Å². The summed E-state index contributed by atoms with van der Waals surface area (Å²) >= 11 is 0. The Morgan fingerprint density at radius 1 is 0.265 bits per heavy atom. The van der Waals surface area contributed by atoms with Crippen molar-refractivity contribution in [3.8, 4) is 55.6 Å². The Kier molecular flexibility index (Phi) is 12.0. The summed E-state index contributed by atoms with van der Waals surface area (Å²) in [4.78, 5) is 4.80. The molecule has 0 unspecified atom stereocenters. The topological polar surface area (TPSA) is 6.48 Å². The van der Waals surface area contributed by atoms with Gasteiger partial charge in [0, 0.05) is 33.9 Å². The predicted molar refractivity (Wildman–Crippen MR) is 289 cm³/mol.